The molecule has 0 amide bonds. The summed E-state index contributed by atoms with van der Waals surface area (Å²) in [4.78, 5) is 10.6. The van der Waals surface area contributed by atoms with E-state index in [9.17, 15) is 4.79 Å². The highest BCUT2D eigenvalue weighted by Gasteiger charge is 2.12. The highest BCUT2D eigenvalue weighted by molar-refractivity contribution is 9.10. The van der Waals surface area contributed by atoms with Gasteiger partial charge in [-0.05, 0) is 12.1 Å². The van der Waals surface area contributed by atoms with E-state index in [1.54, 1.807) is 7.11 Å². The zero-order chi connectivity index (χ0) is 12.8. The van der Waals surface area contributed by atoms with Crippen molar-refractivity contribution in [2.75, 3.05) is 19.0 Å². The van der Waals surface area contributed by atoms with Crippen LogP contribution >= 0.6 is 15.9 Å². The minimum absolute atomic E-state index is 0.169. The van der Waals surface area contributed by atoms with E-state index in [0.29, 0.717) is 6.61 Å². The second-order valence-electron chi connectivity index (χ2n) is 3.52. The summed E-state index contributed by atoms with van der Waals surface area (Å²) in [5, 5.41) is 11.7. The van der Waals surface area contributed by atoms with Gasteiger partial charge in [-0.15, -0.1) is 0 Å². The van der Waals surface area contributed by atoms with Crippen molar-refractivity contribution in [1.82, 2.24) is 0 Å². The number of carbonyl (C=O) groups is 1. The fourth-order valence-electron chi connectivity index (χ4n) is 1.32. The van der Waals surface area contributed by atoms with Gasteiger partial charge in [0.2, 0.25) is 0 Å². The predicted molar refractivity (Wildman–Crippen MR) is 69.0 cm³/mol. The van der Waals surface area contributed by atoms with Crippen LogP contribution in [-0.2, 0) is 16.1 Å². The van der Waals surface area contributed by atoms with Crippen molar-refractivity contribution in [3.05, 3.63) is 28.2 Å². The third kappa shape index (κ3) is 3.99. The van der Waals surface area contributed by atoms with Crippen LogP contribution in [0.4, 0.5) is 5.69 Å². The first kappa shape index (κ1) is 14.0. The van der Waals surface area contributed by atoms with Gasteiger partial charge in [0.25, 0.3) is 0 Å². The van der Waals surface area contributed by atoms with Gasteiger partial charge in [-0.25, -0.2) is 0 Å². The van der Waals surface area contributed by atoms with E-state index >= 15 is 0 Å². The highest BCUT2D eigenvalue weighted by atomic mass is 79.9. The second-order valence-corrected chi connectivity index (χ2v) is 4.38. The van der Waals surface area contributed by atoms with Gasteiger partial charge in [0.15, 0.2) is 0 Å². The molecular formula is C11H15BrN2O3. The fraction of sp³-hybridized carbons (Fsp3) is 0.364. The molecule has 0 fully saturated rings. The number of halogens is 1. The van der Waals surface area contributed by atoms with Gasteiger partial charge in [-0.2, -0.15) is 0 Å². The highest BCUT2D eigenvalue weighted by Crippen LogP contribution is 2.25. The average Bonchev–Trinajstić information content (AvgIpc) is 2.29. The Kier molecular flexibility index (Phi) is 5.40. The van der Waals surface area contributed by atoms with Crippen molar-refractivity contribution in [2.24, 2.45) is 5.73 Å². The molecule has 1 unspecified atom stereocenters. The number of anilines is 1. The summed E-state index contributed by atoms with van der Waals surface area (Å²) >= 11 is 3.42. The molecule has 0 heterocycles. The minimum atomic E-state index is -1.03. The summed E-state index contributed by atoms with van der Waals surface area (Å²) in [5.41, 5.74) is 7.18. The van der Waals surface area contributed by atoms with Crippen molar-refractivity contribution in [3.63, 3.8) is 0 Å². The van der Waals surface area contributed by atoms with Gasteiger partial charge in [0, 0.05) is 29.4 Å². The number of aliphatic carboxylic acids is 1. The number of rotatable bonds is 6. The number of hydrogen-bond acceptors (Lipinski definition) is 4. The maximum absolute atomic E-state index is 10.6. The Morgan fingerprint density at radius 1 is 1.65 bits per heavy atom. The zero-order valence-electron chi connectivity index (χ0n) is 9.44. The van der Waals surface area contributed by atoms with Crippen molar-refractivity contribution in [3.8, 4) is 0 Å². The molecule has 1 aromatic rings. The molecule has 0 spiro atoms. The SMILES string of the molecule is COCc1c(Br)cccc1NCC(N)C(=O)O. The lowest BCUT2D eigenvalue weighted by Crippen LogP contribution is -2.37. The summed E-state index contributed by atoms with van der Waals surface area (Å²) in [7, 11) is 1.60. The molecule has 1 aromatic carbocycles. The van der Waals surface area contributed by atoms with Crippen molar-refractivity contribution < 1.29 is 14.6 Å². The van der Waals surface area contributed by atoms with E-state index in [-0.39, 0.29) is 6.54 Å². The third-order valence-electron chi connectivity index (χ3n) is 2.24. The second kappa shape index (κ2) is 6.58. The van der Waals surface area contributed by atoms with Crippen LogP contribution in [0.3, 0.4) is 0 Å². The average molecular weight is 303 g/mol. The molecule has 1 rings (SSSR count). The van der Waals surface area contributed by atoms with E-state index in [4.69, 9.17) is 15.6 Å². The minimum Gasteiger partial charge on any atom is -0.480 e. The van der Waals surface area contributed by atoms with Gasteiger partial charge < -0.3 is 20.9 Å². The number of nitrogens with two attached hydrogens (primary N) is 1. The molecule has 4 N–H and O–H groups in total. The smallest absolute Gasteiger partial charge is 0.322 e. The van der Waals surface area contributed by atoms with E-state index in [1.807, 2.05) is 18.2 Å². The number of carboxylic acids is 1. The molecule has 0 saturated carbocycles. The largest absolute Gasteiger partial charge is 0.480 e. The molecule has 0 aliphatic carbocycles. The van der Waals surface area contributed by atoms with Crippen LogP contribution in [0.15, 0.2) is 22.7 Å². The quantitative estimate of drug-likeness (QED) is 0.740. The molecule has 0 radical (unpaired) electrons. The topological polar surface area (TPSA) is 84.6 Å². The van der Waals surface area contributed by atoms with Crippen molar-refractivity contribution in [2.45, 2.75) is 12.6 Å². The maximum Gasteiger partial charge on any atom is 0.322 e. The van der Waals surface area contributed by atoms with E-state index in [0.717, 1.165) is 15.7 Å². The van der Waals surface area contributed by atoms with E-state index < -0.39 is 12.0 Å². The molecule has 0 saturated heterocycles. The molecule has 94 valence electrons. The third-order valence-corrected chi connectivity index (χ3v) is 2.98. The number of carboxylic acid groups (broad SMARTS) is 1. The number of benzene rings is 1. The van der Waals surface area contributed by atoms with Gasteiger partial charge >= 0.3 is 5.97 Å². The van der Waals surface area contributed by atoms with E-state index in [1.165, 1.54) is 0 Å². The van der Waals surface area contributed by atoms with Crippen molar-refractivity contribution >= 4 is 27.6 Å². The van der Waals surface area contributed by atoms with Crippen LogP contribution in [0, 0.1) is 0 Å². The van der Waals surface area contributed by atoms with Crippen LogP contribution < -0.4 is 11.1 Å². The van der Waals surface area contributed by atoms with Gasteiger partial charge in [-0.3, -0.25) is 4.79 Å². The van der Waals surface area contributed by atoms with Crippen LogP contribution in [0.25, 0.3) is 0 Å². The molecule has 0 aliphatic rings. The van der Waals surface area contributed by atoms with Gasteiger partial charge in [-0.1, -0.05) is 22.0 Å². The van der Waals surface area contributed by atoms with Gasteiger partial charge in [0.05, 0.1) is 6.61 Å². The first-order valence-electron chi connectivity index (χ1n) is 5.05. The summed E-state index contributed by atoms with van der Waals surface area (Å²) in [6.07, 6.45) is 0. The van der Waals surface area contributed by atoms with Crippen LogP contribution in [0.1, 0.15) is 5.56 Å². The molecule has 17 heavy (non-hydrogen) atoms. The number of hydrogen-bond donors (Lipinski definition) is 3. The Hall–Kier alpha value is -1.11. The number of methoxy groups -OCH3 is 1. The first-order chi connectivity index (χ1) is 8.06. The standard InChI is InChI=1S/C11H15BrN2O3/c1-17-6-7-8(12)3-2-4-10(7)14-5-9(13)11(15)16/h2-4,9,14H,5-6,13H2,1H3,(H,15,16). The summed E-state index contributed by atoms with van der Waals surface area (Å²) in [6, 6.07) is 4.69. The summed E-state index contributed by atoms with van der Waals surface area (Å²) in [6.45, 7) is 0.606. The fourth-order valence-corrected chi connectivity index (χ4v) is 1.80. The lowest BCUT2D eigenvalue weighted by molar-refractivity contribution is -0.138. The Morgan fingerprint density at radius 3 is 2.94 bits per heavy atom. The Balaban J connectivity index is 2.76. The zero-order valence-corrected chi connectivity index (χ0v) is 11.0. The Labute approximate surface area is 108 Å². The van der Waals surface area contributed by atoms with Crippen LogP contribution in [0.2, 0.25) is 0 Å². The number of nitrogens with one attached hydrogen (secondary N) is 1. The molecule has 0 bridgehead atoms. The monoisotopic (exact) mass is 302 g/mol. The van der Waals surface area contributed by atoms with Crippen molar-refractivity contribution in [1.29, 1.82) is 0 Å². The molecule has 6 heteroatoms. The summed E-state index contributed by atoms with van der Waals surface area (Å²) in [5.74, 6) is -1.03. The Morgan fingerprint density at radius 2 is 2.35 bits per heavy atom. The van der Waals surface area contributed by atoms with Crippen LogP contribution in [0.5, 0.6) is 0 Å². The molecular weight excluding hydrogens is 288 g/mol. The Bertz CT molecular complexity index is 398. The molecule has 0 aromatic heterocycles. The predicted octanol–water partition coefficient (Wildman–Crippen LogP) is 1.42. The van der Waals surface area contributed by atoms with Crippen LogP contribution in [-0.4, -0.2) is 30.8 Å². The molecule has 0 aliphatic heterocycles. The lowest BCUT2D eigenvalue weighted by Gasteiger charge is -2.14. The number of ether oxygens (including phenoxy) is 1. The summed E-state index contributed by atoms with van der Waals surface area (Å²) < 4.78 is 6.00. The first-order valence-corrected chi connectivity index (χ1v) is 5.84. The van der Waals surface area contributed by atoms with E-state index in [2.05, 4.69) is 21.2 Å². The molecule has 1 atom stereocenters. The molecule has 5 nitrogen and oxygen atoms in total. The lowest BCUT2D eigenvalue weighted by atomic mass is 10.2. The maximum atomic E-state index is 10.6. The normalized spacial score (nSPS) is 12.2. The van der Waals surface area contributed by atoms with Gasteiger partial charge in [0.1, 0.15) is 6.04 Å².